The van der Waals surface area contributed by atoms with E-state index in [-0.39, 0.29) is 0 Å². The maximum atomic E-state index is 12.6. The van der Waals surface area contributed by atoms with E-state index in [0.29, 0.717) is 12.1 Å². The van der Waals surface area contributed by atoms with Crippen molar-refractivity contribution in [2.45, 2.75) is 19.7 Å². The van der Waals surface area contributed by atoms with E-state index in [9.17, 15) is 26.7 Å². The molecule has 0 fully saturated rings. The van der Waals surface area contributed by atoms with E-state index in [0.717, 1.165) is 6.92 Å². The lowest BCUT2D eigenvalue weighted by Crippen LogP contribution is -2.13. The van der Waals surface area contributed by atoms with Gasteiger partial charge in [0.1, 0.15) is 5.75 Å². The molecule has 100 valence electrons. The Labute approximate surface area is 103 Å². The molecule has 18 heavy (non-hydrogen) atoms. The minimum Gasteiger partial charge on any atom is -0.433 e. The van der Waals surface area contributed by atoms with E-state index in [1.165, 1.54) is 0 Å². The summed E-state index contributed by atoms with van der Waals surface area (Å²) in [5, 5.41) is -0.646. The summed E-state index contributed by atoms with van der Waals surface area (Å²) >= 11 is 5.39. The van der Waals surface area contributed by atoms with Gasteiger partial charge in [0.15, 0.2) is 5.78 Å². The largest absolute Gasteiger partial charge is 0.433 e. The number of hydrogen-bond donors (Lipinski definition) is 0. The number of ether oxygens (including phenoxy) is 1. The molecule has 1 rings (SSSR count). The van der Waals surface area contributed by atoms with E-state index in [1.807, 2.05) is 0 Å². The molecule has 0 amide bonds. The summed E-state index contributed by atoms with van der Waals surface area (Å²) in [6, 6.07) is 0.940. The van der Waals surface area contributed by atoms with Crippen LogP contribution in [0.5, 0.6) is 5.75 Å². The molecular weight excluding hydrogens is 283 g/mol. The Bertz CT molecular complexity index is 470. The van der Waals surface area contributed by atoms with Crippen LogP contribution in [0.2, 0.25) is 5.02 Å². The van der Waals surface area contributed by atoms with Crippen LogP contribution >= 0.6 is 11.6 Å². The molecule has 1 aromatic rings. The molecule has 0 saturated heterocycles. The van der Waals surface area contributed by atoms with Gasteiger partial charge in [-0.2, -0.15) is 22.0 Å². The number of Topliss-reactive ketones (excluding diaryl/α,β-unsaturated/α-hetero) is 1. The second-order valence-corrected chi connectivity index (χ2v) is 3.67. The lowest BCUT2D eigenvalue weighted by molar-refractivity contribution is -0.137. The first kappa shape index (κ1) is 14.7. The van der Waals surface area contributed by atoms with Gasteiger partial charge >= 0.3 is 12.8 Å². The number of benzene rings is 1. The van der Waals surface area contributed by atoms with Crippen molar-refractivity contribution in [3.63, 3.8) is 0 Å². The highest BCUT2D eigenvalue weighted by Gasteiger charge is 2.35. The van der Waals surface area contributed by atoms with Crippen LogP contribution < -0.4 is 4.74 Å². The minimum absolute atomic E-state index is 0.385. The van der Waals surface area contributed by atoms with Crippen molar-refractivity contribution in [3.05, 3.63) is 28.3 Å². The van der Waals surface area contributed by atoms with Crippen molar-refractivity contribution in [3.8, 4) is 5.75 Å². The van der Waals surface area contributed by atoms with Crippen LogP contribution in [-0.2, 0) is 6.18 Å². The zero-order valence-electron chi connectivity index (χ0n) is 8.82. The smallest absolute Gasteiger partial charge is 0.417 e. The molecule has 0 radical (unpaired) electrons. The van der Waals surface area contributed by atoms with E-state index in [4.69, 9.17) is 11.6 Å². The van der Waals surface area contributed by atoms with Crippen molar-refractivity contribution in [1.82, 2.24) is 0 Å². The Morgan fingerprint density at radius 2 is 1.89 bits per heavy atom. The highest BCUT2D eigenvalue weighted by molar-refractivity contribution is 6.32. The van der Waals surface area contributed by atoms with Crippen LogP contribution in [0.3, 0.4) is 0 Å². The van der Waals surface area contributed by atoms with Crippen molar-refractivity contribution >= 4 is 17.4 Å². The number of ketones is 1. The zero-order valence-corrected chi connectivity index (χ0v) is 9.57. The Morgan fingerprint density at radius 1 is 1.33 bits per heavy atom. The van der Waals surface area contributed by atoms with Crippen LogP contribution in [-0.4, -0.2) is 12.4 Å². The molecule has 0 atom stereocenters. The van der Waals surface area contributed by atoms with Crippen LogP contribution in [0.25, 0.3) is 0 Å². The molecule has 0 aliphatic heterocycles. The fourth-order valence-electron chi connectivity index (χ4n) is 1.27. The maximum Gasteiger partial charge on any atom is 0.417 e. The molecule has 0 heterocycles. The van der Waals surface area contributed by atoms with Crippen molar-refractivity contribution in [2.24, 2.45) is 0 Å². The molecule has 0 aliphatic carbocycles. The Kier molecular flexibility index (Phi) is 4.16. The van der Waals surface area contributed by atoms with Crippen LogP contribution in [0.15, 0.2) is 12.1 Å². The first-order valence-corrected chi connectivity index (χ1v) is 4.87. The summed E-state index contributed by atoms with van der Waals surface area (Å²) < 4.78 is 65.6. The third kappa shape index (κ3) is 3.32. The molecule has 8 heteroatoms. The summed E-state index contributed by atoms with van der Waals surface area (Å²) in [6.45, 7) is -2.37. The van der Waals surface area contributed by atoms with Gasteiger partial charge in [0.05, 0.1) is 10.6 Å². The van der Waals surface area contributed by atoms with Gasteiger partial charge in [-0.1, -0.05) is 11.6 Å². The lowest BCUT2D eigenvalue weighted by Gasteiger charge is -2.14. The number of alkyl halides is 5. The Balaban J connectivity index is 3.39. The quantitative estimate of drug-likeness (QED) is 0.616. The van der Waals surface area contributed by atoms with Gasteiger partial charge in [-0.25, -0.2) is 0 Å². The second kappa shape index (κ2) is 5.09. The monoisotopic (exact) mass is 288 g/mol. The van der Waals surface area contributed by atoms with Gasteiger partial charge in [0, 0.05) is 5.56 Å². The number of carbonyl (C=O) groups excluding carboxylic acids is 1. The van der Waals surface area contributed by atoms with E-state index >= 15 is 0 Å². The van der Waals surface area contributed by atoms with Crippen LogP contribution in [0.1, 0.15) is 22.8 Å². The Morgan fingerprint density at radius 3 is 2.28 bits per heavy atom. The molecule has 1 aromatic carbocycles. The van der Waals surface area contributed by atoms with Gasteiger partial charge in [-0.05, 0) is 19.1 Å². The molecule has 0 aromatic heterocycles. The van der Waals surface area contributed by atoms with Gasteiger partial charge in [0.25, 0.3) is 0 Å². The summed E-state index contributed by atoms with van der Waals surface area (Å²) in [4.78, 5) is 11.1. The van der Waals surface area contributed by atoms with Crippen LogP contribution in [0, 0.1) is 0 Å². The first-order valence-electron chi connectivity index (χ1n) is 4.49. The predicted molar refractivity (Wildman–Crippen MR) is 53.1 cm³/mol. The summed E-state index contributed by atoms with van der Waals surface area (Å²) in [6.07, 6.45) is -4.81. The van der Waals surface area contributed by atoms with E-state index < -0.39 is 40.5 Å². The fourth-order valence-corrected chi connectivity index (χ4v) is 1.47. The van der Waals surface area contributed by atoms with Gasteiger partial charge < -0.3 is 4.74 Å². The molecule has 0 aliphatic rings. The molecule has 0 bridgehead atoms. The predicted octanol–water partition coefficient (Wildman–Crippen LogP) is 4.16. The lowest BCUT2D eigenvalue weighted by atomic mass is 10.0. The minimum atomic E-state index is -4.81. The summed E-state index contributed by atoms with van der Waals surface area (Å²) in [7, 11) is 0. The standard InChI is InChI=1S/C10H6ClF5O2/c1-4(17)5-2-8(18-9(12)13)7(11)3-6(5)10(14,15)16/h2-3,9H,1H3. The molecule has 0 saturated carbocycles. The summed E-state index contributed by atoms with van der Waals surface area (Å²) in [5.74, 6) is -1.61. The number of halogens is 6. The average molecular weight is 289 g/mol. The number of carbonyl (C=O) groups is 1. The SMILES string of the molecule is CC(=O)c1cc(OC(F)F)c(Cl)cc1C(F)(F)F. The van der Waals surface area contributed by atoms with Crippen LogP contribution in [0.4, 0.5) is 22.0 Å². The van der Waals surface area contributed by atoms with Gasteiger partial charge in [0.2, 0.25) is 0 Å². The molecule has 0 unspecified atom stereocenters. The third-order valence-corrected chi connectivity index (χ3v) is 2.27. The van der Waals surface area contributed by atoms with E-state index in [1.54, 1.807) is 0 Å². The van der Waals surface area contributed by atoms with Crippen molar-refractivity contribution < 1.29 is 31.5 Å². The maximum absolute atomic E-state index is 12.6. The number of rotatable bonds is 3. The Hall–Kier alpha value is -1.37. The third-order valence-electron chi connectivity index (χ3n) is 1.97. The van der Waals surface area contributed by atoms with Gasteiger partial charge in [-0.3, -0.25) is 4.79 Å². The normalized spacial score (nSPS) is 11.8. The zero-order chi connectivity index (χ0) is 14.1. The highest BCUT2D eigenvalue weighted by atomic mass is 35.5. The number of hydrogen-bond acceptors (Lipinski definition) is 2. The van der Waals surface area contributed by atoms with E-state index in [2.05, 4.69) is 4.74 Å². The second-order valence-electron chi connectivity index (χ2n) is 3.26. The molecule has 0 spiro atoms. The van der Waals surface area contributed by atoms with Crippen molar-refractivity contribution in [2.75, 3.05) is 0 Å². The fraction of sp³-hybridized carbons (Fsp3) is 0.300. The van der Waals surface area contributed by atoms with Crippen molar-refractivity contribution in [1.29, 1.82) is 0 Å². The molecule has 2 nitrogen and oxygen atoms in total. The first-order chi connectivity index (χ1) is 8.12. The highest BCUT2D eigenvalue weighted by Crippen LogP contribution is 2.38. The van der Waals surface area contributed by atoms with Gasteiger partial charge in [-0.15, -0.1) is 0 Å². The molecule has 0 N–H and O–H groups in total. The molecular formula is C10H6ClF5O2. The summed E-state index contributed by atoms with van der Waals surface area (Å²) in [5.41, 5.74) is -2.07. The topological polar surface area (TPSA) is 26.3 Å². The average Bonchev–Trinajstić information content (AvgIpc) is 2.17.